The van der Waals surface area contributed by atoms with E-state index in [9.17, 15) is 0 Å². The van der Waals surface area contributed by atoms with Gasteiger partial charge in [-0.3, -0.25) is 5.10 Å². The molecule has 0 unspecified atom stereocenters. The Morgan fingerprint density at radius 3 is 2.82 bits per heavy atom. The lowest BCUT2D eigenvalue weighted by molar-refractivity contribution is 0.480. The van der Waals surface area contributed by atoms with E-state index in [4.69, 9.17) is 4.42 Å². The number of hydrogen-bond acceptors (Lipinski definition) is 3. The zero-order valence-electron chi connectivity index (χ0n) is 10.6. The molecule has 2 N–H and O–H groups in total. The van der Waals surface area contributed by atoms with Crippen LogP contribution >= 0.6 is 0 Å². The van der Waals surface area contributed by atoms with Crippen molar-refractivity contribution >= 4 is 0 Å². The predicted molar refractivity (Wildman–Crippen MR) is 66.5 cm³/mol. The molecule has 17 heavy (non-hydrogen) atoms. The van der Waals surface area contributed by atoms with E-state index in [1.54, 1.807) is 6.26 Å². The normalized spacial score (nSPS) is 11.9. The number of aromatic amines is 1. The zero-order chi connectivity index (χ0) is 12.3. The Labute approximate surface area is 101 Å². The van der Waals surface area contributed by atoms with Gasteiger partial charge in [0, 0.05) is 23.2 Å². The van der Waals surface area contributed by atoms with Crippen molar-refractivity contribution in [3.05, 3.63) is 41.6 Å². The summed E-state index contributed by atoms with van der Waals surface area (Å²) in [6, 6.07) is 3.86. The van der Waals surface area contributed by atoms with Gasteiger partial charge in [-0.05, 0) is 12.1 Å². The van der Waals surface area contributed by atoms with Gasteiger partial charge in [-0.25, -0.2) is 0 Å². The Morgan fingerprint density at radius 1 is 1.35 bits per heavy atom. The zero-order valence-corrected chi connectivity index (χ0v) is 10.6. The van der Waals surface area contributed by atoms with Crippen LogP contribution in [0.5, 0.6) is 0 Å². The summed E-state index contributed by atoms with van der Waals surface area (Å²) in [7, 11) is 0. The smallest absolute Gasteiger partial charge is 0.117 e. The van der Waals surface area contributed by atoms with E-state index in [0.717, 1.165) is 18.8 Å². The summed E-state index contributed by atoms with van der Waals surface area (Å²) in [5, 5.41) is 10.5. The molecule has 0 radical (unpaired) electrons. The fraction of sp³-hybridized carbons (Fsp3) is 0.462. The molecule has 4 nitrogen and oxygen atoms in total. The van der Waals surface area contributed by atoms with E-state index >= 15 is 0 Å². The molecule has 92 valence electrons. The lowest BCUT2D eigenvalue weighted by Gasteiger charge is -2.18. The van der Waals surface area contributed by atoms with Gasteiger partial charge in [0.2, 0.25) is 0 Å². The highest BCUT2D eigenvalue weighted by molar-refractivity contribution is 5.23. The van der Waals surface area contributed by atoms with Gasteiger partial charge in [0.15, 0.2) is 0 Å². The Morgan fingerprint density at radius 2 is 2.18 bits per heavy atom. The van der Waals surface area contributed by atoms with E-state index in [-0.39, 0.29) is 5.41 Å². The standard InChI is InChI=1S/C13H19N3O/c1-13(2,3)12-10(8-15-16-12)7-14-9-11-5-4-6-17-11/h4-6,8,14H,7,9H2,1-3H3,(H,15,16). The second-order valence-electron chi connectivity index (χ2n) is 5.20. The number of rotatable bonds is 4. The minimum atomic E-state index is 0.0954. The molecule has 0 saturated carbocycles. The molecular weight excluding hydrogens is 214 g/mol. The van der Waals surface area contributed by atoms with Crippen molar-refractivity contribution in [2.45, 2.75) is 39.3 Å². The number of hydrogen-bond donors (Lipinski definition) is 2. The highest BCUT2D eigenvalue weighted by atomic mass is 16.3. The summed E-state index contributed by atoms with van der Waals surface area (Å²) >= 11 is 0. The third-order valence-corrected chi connectivity index (χ3v) is 2.66. The van der Waals surface area contributed by atoms with Crippen LogP contribution in [0.3, 0.4) is 0 Å². The largest absolute Gasteiger partial charge is 0.468 e. The molecule has 2 rings (SSSR count). The molecule has 2 aromatic heterocycles. The van der Waals surface area contributed by atoms with Crippen molar-refractivity contribution in [1.82, 2.24) is 15.5 Å². The Kier molecular flexibility index (Phi) is 3.33. The Balaban J connectivity index is 1.93. The molecule has 0 aliphatic heterocycles. The second kappa shape index (κ2) is 4.75. The van der Waals surface area contributed by atoms with Gasteiger partial charge in [-0.1, -0.05) is 20.8 Å². The van der Waals surface area contributed by atoms with Crippen LogP contribution in [-0.2, 0) is 18.5 Å². The number of nitrogens with zero attached hydrogens (tertiary/aromatic N) is 1. The number of H-pyrrole nitrogens is 1. The highest BCUT2D eigenvalue weighted by Gasteiger charge is 2.19. The first kappa shape index (κ1) is 11.9. The summed E-state index contributed by atoms with van der Waals surface area (Å²) in [4.78, 5) is 0. The van der Waals surface area contributed by atoms with Crippen molar-refractivity contribution in [2.75, 3.05) is 0 Å². The van der Waals surface area contributed by atoms with E-state index in [0.29, 0.717) is 0 Å². The van der Waals surface area contributed by atoms with Crippen LogP contribution in [0.25, 0.3) is 0 Å². The molecule has 4 heteroatoms. The van der Waals surface area contributed by atoms with Gasteiger partial charge in [0.25, 0.3) is 0 Å². The van der Waals surface area contributed by atoms with Crippen molar-refractivity contribution in [3.8, 4) is 0 Å². The first-order chi connectivity index (χ1) is 8.07. The summed E-state index contributed by atoms with van der Waals surface area (Å²) in [6.45, 7) is 8.06. The third kappa shape index (κ3) is 2.97. The molecule has 0 aliphatic rings. The van der Waals surface area contributed by atoms with Gasteiger partial charge in [-0.15, -0.1) is 0 Å². The molecule has 0 aliphatic carbocycles. The molecule has 0 saturated heterocycles. The summed E-state index contributed by atoms with van der Waals surface area (Å²) in [5.74, 6) is 0.950. The molecule has 2 aromatic rings. The van der Waals surface area contributed by atoms with Crippen molar-refractivity contribution < 1.29 is 4.42 Å². The van der Waals surface area contributed by atoms with Gasteiger partial charge in [0.05, 0.1) is 19.0 Å². The van der Waals surface area contributed by atoms with Crippen LogP contribution in [0, 0.1) is 0 Å². The quantitative estimate of drug-likeness (QED) is 0.853. The Hall–Kier alpha value is -1.55. The van der Waals surface area contributed by atoms with E-state index in [1.165, 1.54) is 11.3 Å². The van der Waals surface area contributed by atoms with Gasteiger partial charge in [0.1, 0.15) is 5.76 Å². The Bertz CT molecular complexity index is 451. The lowest BCUT2D eigenvalue weighted by atomic mass is 9.89. The van der Waals surface area contributed by atoms with Crippen LogP contribution < -0.4 is 5.32 Å². The second-order valence-corrected chi connectivity index (χ2v) is 5.20. The van der Waals surface area contributed by atoms with Crippen LogP contribution in [0.4, 0.5) is 0 Å². The van der Waals surface area contributed by atoms with Crippen LogP contribution in [0.1, 0.15) is 37.8 Å². The summed E-state index contributed by atoms with van der Waals surface area (Å²) in [5.41, 5.74) is 2.49. The summed E-state index contributed by atoms with van der Waals surface area (Å²) < 4.78 is 5.26. The first-order valence-corrected chi connectivity index (χ1v) is 5.83. The molecule has 0 aromatic carbocycles. The van der Waals surface area contributed by atoms with Gasteiger partial charge >= 0.3 is 0 Å². The molecule has 2 heterocycles. The van der Waals surface area contributed by atoms with Crippen molar-refractivity contribution in [3.63, 3.8) is 0 Å². The maximum atomic E-state index is 5.26. The van der Waals surface area contributed by atoms with Crippen LogP contribution in [0.2, 0.25) is 0 Å². The average molecular weight is 233 g/mol. The molecule has 0 bridgehead atoms. The van der Waals surface area contributed by atoms with E-state index in [2.05, 4.69) is 36.3 Å². The van der Waals surface area contributed by atoms with Crippen molar-refractivity contribution in [1.29, 1.82) is 0 Å². The predicted octanol–water partition coefficient (Wildman–Crippen LogP) is 2.59. The van der Waals surface area contributed by atoms with Crippen molar-refractivity contribution in [2.24, 2.45) is 0 Å². The number of nitrogens with one attached hydrogen (secondary N) is 2. The van der Waals surface area contributed by atoms with Crippen LogP contribution in [-0.4, -0.2) is 10.2 Å². The van der Waals surface area contributed by atoms with Gasteiger partial charge < -0.3 is 9.73 Å². The molecule has 0 amide bonds. The first-order valence-electron chi connectivity index (χ1n) is 5.83. The van der Waals surface area contributed by atoms with Gasteiger partial charge in [-0.2, -0.15) is 5.10 Å². The van der Waals surface area contributed by atoms with E-state index in [1.807, 2.05) is 18.3 Å². The molecule has 0 spiro atoms. The molecule has 0 atom stereocenters. The van der Waals surface area contributed by atoms with Crippen LogP contribution in [0.15, 0.2) is 29.0 Å². The minimum absolute atomic E-state index is 0.0954. The third-order valence-electron chi connectivity index (χ3n) is 2.66. The fourth-order valence-corrected chi connectivity index (χ4v) is 1.83. The monoisotopic (exact) mass is 233 g/mol. The number of furan rings is 1. The highest BCUT2D eigenvalue weighted by Crippen LogP contribution is 2.23. The summed E-state index contributed by atoms with van der Waals surface area (Å²) in [6.07, 6.45) is 3.57. The fourth-order valence-electron chi connectivity index (χ4n) is 1.83. The van der Waals surface area contributed by atoms with E-state index < -0.39 is 0 Å². The molecular formula is C13H19N3O. The molecule has 0 fully saturated rings. The minimum Gasteiger partial charge on any atom is -0.468 e. The number of aromatic nitrogens is 2. The SMILES string of the molecule is CC(C)(C)c1[nH]ncc1CNCc1ccco1. The topological polar surface area (TPSA) is 53.9 Å². The maximum absolute atomic E-state index is 5.26. The average Bonchev–Trinajstić information content (AvgIpc) is 2.86. The lowest BCUT2D eigenvalue weighted by Crippen LogP contribution is -2.18. The maximum Gasteiger partial charge on any atom is 0.117 e.